The number of alkyl halides is 3. The molecule has 32 heavy (non-hydrogen) atoms. The van der Waals surface area contributed by atoms with E-state index in [0.717, 1.165) is 25.0 Å². The number of amides is 1. The quantitative estimate of drug-likeness (QED) is 0.664. The van der Waals surface area contributed by atoms with Crippen LogP contribution in [0.2, 0.25) is 0 Å². The van der Waals surface area contributed by atoms with Gasteiger partial charge in [0, 0.05) is 30.7 Å². The highest BCUT2D eigenvalue weighted by atomic mass is 19.4. The molecule has 9 heteroatoms. The Labute approximate surface area is 186 Å². The number of aliphatic hydroxyl groups is 1. The van der Waals surface area contributed by atoms with Gasteiger partial charge in [-0.05, 0) is 64.2 Å². The summed E-state index contributed by atoms with van der Waals surface area (Å²) in [5.41, 5.74) is -3.74. The highest BCUT2D eigenvalue weighted by Crippen LogP contribution is 2.39. The van der Waals surface area contributed by atoms with E-state index in [2.05, 4.69) is 4.90 Å². The molecule has 1 atom stereocenters. The van der Waals surface area contributed by atoms with E-state index in [4.69, 9.17) is 4.74 Å². The van der Waals surface area contributed by atoms with Crippen LogP contribution in [0.1, 0.15) is 62.4 Å². The number of piperidine rings is 1. The molecule has 2 fully saturated rings. The minimum Gasteiger partial charge on any atom is -0.468 e. The van der Waals surface area contributed by atoms with Crippen LogP contribution in [0.3, 0.4) is 0 Å². The van der Waals surface area contributed by atoms with Crippen LogP contribution in [-0.2, 0) is 15.1 Å². The van der Waals surface area contributed by atoms with E-state index in [1.165, 1.54) is 19.2 Å². The van der Waals surface area contributed by atoms with Gasteiger partial charge < -0.3 is 14.7 Å². The molecule has 0 radical (unpaired) electrons. The molecule has 3 rings (SSSR count). The molecule has 1 aliphatic carbocycles. The molecular weight excluding hydrogens is 425 g/mol. The third-order valence-electron chi connectivity index (χ3n) is 6.75. The summed E-state index contributed by atoms with van der Waals surface area (Å²) in [6, 6.07) is 5.15. The predicted octanol–water partition coefficient (Wildman–Crippen LogP) is 3.48. The second-order valence-corrected chi connectivity index (χ2v) is 9.36. The Morgan fingerprint density at radius 1 is 1.00 bits per heavy atom. The lowest BCUT2D eigenvalue weighted by molar-refractivity contribution is -0.258. The number of likely N-dealkylation sites (tertiary alicyclic amines) is 1. The Hall–Kier alpha value is -2.13. The summed E-state index contributed by atoms with van der Waals surface area (Å²) in [5.74, 6) is -0.516. The second kappa shape index (κ2) is 8.67. The molecule has 0 unspecified atom stereocenters. The Balaban J connectivity index is 1.72. The number of benzene rings is 1. The van der Waals surface area contributed by atoms with E-state index >= 15 is 0 Å². The van der Waals surface area contributed by atoms with Crippen molar-refractivity contribution in [1.29, 1.82) is 0 Å². The number of carbonyl (C=O) groups excluding carboxylic acids is 2. The summed E-state index contributed by atoms with van der Waals surface area (Å²) >= 11 is 0. The first-order chi connectivity index (χ1) is 14.8. The van der Waals surface area contributed by atoms with Crippen molar-refractivity contribution in [3.63, 3.8) is 0 Å². The van der Waals surface area contributed by atoms with Gasteiger partial charge in [-0.15, -0.1) is 0 Å². The molecular formula is C23H31F3N2O4. The van der Waals surface area contributed by atoms with E-state index in [1.54, 1.807) is 0 Å². The van der Waals surface area contributed by atoms with Gasteiger partial charge >= 0.3 is 12.1 Å². The van der Waals surface area contributed by atoms with Gasteiger partial charge in [0.25, 0.3) is 5.91 Å². The molecule has 1 aliphatic heterocycles. The van der Waals surface area contributed by atoms with Crippen LogP contribution in [-0.4, -0.2) is 70.8 Å². The monoisotopic (exact) mass is 456 g/mol. The molecule has 1 saturated carbocycles. The largest absolute Gasteiger partial charge is 0.468 e. The molecule has 1 N–H and O–H groups in total. The van der Waals surface area contributed by atoms with Gasteiger partial charge in [-0.1, -0.05) is 12.1 Å². The van der Waals surface area contributed by atoms with E-state index in [1.807, 2.05) is 18.7 Å². The van der Waals surface area contributed by atoms with Crippen LogP contribution in [0.25, 0.3) is 0 Å². The third-order valence-corrected chi connectivity index (χ3v) is 6.75. The van der Waals surface area contributed by atoms with Gasteiger partial charge in [0.2, 0.25) is 0 Å². The maximum Gasteiger partial charge on any atom is 0.421 e. The van der Waals surface area contributed by atoms with Crippen molar-refractivity contribution in [2.75, 3.05) is 20.2 Å². The number of esters is 1. The number of hydrogen-bond acceptors (Lipinski definition) is 5. The third kappa shape index (κ3) is 4.64. The van der Waals surface area contributed by atoms with Gasteiger partial charge in [0.1, 0.15) is 5.54 Å². The average Bonchev–Trinajstić information content (AvgIpc) is 3.58. The van der Waals surface area contributed by atoms with Crippen LogP contribution >= 0.6 is 0 Å². The first-order valence-electron chi connectivity index (χ1n) is 10.9. The Morgan fingerprint density at radius 3 is 1.94 bits per heavy atom. The summed E-state index contributed by atoms with van der Waals surface area (Å²) in [4.78, 5) is 29.3. The van der Waals surface area contributed by atoms with Gasteiger partial charge in [-0.25, -0.2) is 0 Å². The Kier molecular flexibility index (Phi) is 6.64. The van der Waals surface area contributed by atoms with Gasteiger partial charge in [0.05, 0.1) is 7.11 Å². The molecule has 1 saturated heterocycles. The number of nitrogens with zero attached hydrogens (tertiary/aromatic N) is 2. The fraction of sp³-hybridized carbons (Fsp3) is 0.652. The number of halogens is 3. The summed E-state index contributed by atoms with van der Waals surface area (Å²) in [7, 11) is 1.36. The highest BCUT2D eigenvalue weighted by Gasteiger charge is 2.51. The Bertz CT molecular complexity index is 840. The van der Waals surface area contributed by atoms with Crippen LogP contribution in [0.5, 0.6) is 0 Å². The standard InChI is InChI=1S/C23H31F3N2O4/c1-21(2,20(30)32-4)27-13-11-18(12-14-27)28(17-9-10-17)19(29)15-5-7-16(8-6-15)22(3,31)23(24,25)26/h5-8,17-18,31H,9-14H2,1-4H3/t22-/m0/s1. The number of carbonyl (C=O) groups is 2. The lowest BCUT2D eigenvalue weighted by Crippen LogP contribution is -2.56. The lowest BCUT2D eigenvalue weighted by atomic mass is 9.93. The van der Waals surface area contributed by atoms with Crippen molar-refractivity contribution >= 4 is 11.9 Å². The number of rotatable bonds is 6. The van der Waals surface area contributed by atoms with Crippen molar-refractivity contribution in [2.45, 2.75) is 75.9 Å². The minimum absolute atomic E-state index is 0.00217. The van der Waals surface area contributed by atoms with Crippen molar-refractivity contribution in [3.8, 4) is 0 Å². The average molecular weight is 457 g/mol. The van der Waals surface area contributed by atoms with Crippen LogP contribution in [0.15, 0.2) is 24.3 Å². The molecule has 6 nitrogen and oxygen atoms in total. The van der Waals surface area contributed by atoms with Crippen molar-refractivity contribution in [1.82, 2.24) is 9.80 Å². The summed E-state index contributed by atoms with van der Waals surface area (Å²) in [5, 5.41) is 9.85. The summed E-state index contributed by atoms with van der Waals surface area (Å²) < 4.78 is 44.2. The topological polar surface area (TPSA) is 70.1 Å². The molecule has 1 amide bonds. The zero-order valence-corrected chi connectivity index (χ0v) is 18.9. The number of methoxy groups -OCH3 is 1. The fourth-order valence-electron chi connectivity index (χ4n) is 4.31. The zero-order valence-electron chi connectivity index (χ0n) is 18.9. The van der Waals surface area contributed by atoms with E-state index in [9.17, 15) is 27.9 Å². The first-order valence-corrected chi connectivity index (χ1v) is 10.9. The van der Waals surface area contributed by atoms with E-state index < -0.39 is 17.3 Å². The second-order valence-electron chi connectivity index (χ2n) is 9.36. The normalized spacial score (nSPS) is 20.5. The summed E-state index contributed by atoms with van der Waals surface area (Å²) in [6.07, 6.45) is -1.61. The van der Waals surface area contributed by atoms with E-state index in [0.29, 0.717) is 38.4 Å². The molecule has 0 spiro atoms. The SMILES string of the molecule is COC(=O)C(C)(C)N1CCC(N(C(=O)c2ccc([C@](C)(O)C(F)(F)F)cc2)C2CC2)CC1. The molecule has 1 aromatic carbocycles. The molecule has 178 valence electrons. The number of hydrogen-bond donors (Lipinski definition) is 1. The fourth-order valence-corrected chi connectivity index (χ4v) is 4.31. The minimum atomic E-state index is -4.81. The van der Waals surface area contributed by atoms with Crippen LogP contribution in [0, 0.1) is 0 Å². The highest BCUT2D eigenvalue weighted by molar-refractivity contribution is 5.95. The Morgan fingerprint density at radius 2 is 1.50 bits per heavy atom. The lowest BCUT2D eigenvalue weighted by Gasteiger charge is -2.44. The molecule has 1 aromatic rings. The number of ether oxygens (including phenoxy) is 1. The smallest absolute Gasteiger partial charge is 0.421 e. The van der Waals surface area contributed by atoms with Crippen LogP contribution in [0.4, 0.5) is 13.2 Å². The molecule has 1 heterocycles. The van der Waals surface area contributed by atoms with Gasteiger partial charge in [-0.2, -0.15) is 13.2 Å². The maximum absolute atomic E-state index is 13.3. The summed E-state index contributed by atoms with van der Waals surface area (Å²) in [6.45, 7) is 5.61. The molecule has 2 aliphatic rings. The molecule has 0 bridgehead atoms. The van der Waals surface area contributed by atoms with Crippen LogP contribution < -0.4 is 0 Å². The van der Waals surface area contributed by atoms with Gasteiger partial charge in [-0.3, -0.25) is 14.5 Å². The van der Waals surface area contributed by atoms with Crippen molar-refractivity contribution in [2.24, 2.45) is 0 Å². The van der Waals surface area contributed by atoms with Gasteiger partial charge in [0.15, 0.2) is 5.60 Å². The molecule has 0 aromatic heterocycles. The predicted molar refractivity (Wildman–Crippen MR) is 112 cm³/mol. The zero-order chi connectivity index (χ0) is 23.9. The maximum atomic E-state index is 13.3. The van der Waals surface area contributed by atoms with Crippen molar-refractivity contribution in [3.05, 3.63) is 35.4 Å². The van der Waals surface area contributed by atoms with Crippen molar-refractivity contribution < 1.29 is 32.6 Å². The first kappa shape index (κ1) is 24.5. The van der Waals surface area contributed by atoms with E-state index in [-0.39, 0.29) is 29.5 Å².